The van der Waals surface area contributed by atoms with E-state index in [1.807, 2.05) is 0 Å². The molecule has 0 N–H and O–H groups in total. The molecule has 2 heterocycles. The quantitative estimate of drug-likeness (QED) is 0.317. The number of fused-ring (bicyclic) bond motifs is 1. The highest BCUT2D eigenvalue weighted by Crippen LogP contribution is 2.35. The molecule has 34 heavy (non-hydrogen) atoms. The fraction of sp³-hybridized carbons (Fsp3) is 0.455. The van der Waals surface area contributed by atoms with Gasteiger partial charge in [-0.3, -0.25) is 33.7 Å². The van der Waals surface area contributed by atoms with Crippen molar-refractivity contribution in [3.05, 3.63) is 35.4 Å². The Morgan fingerprint density at radius 1 is 0.794 bits per heavy atom. The maximum Gasteiger partial charge on any atom is 0.305 e. The Kier molecular flexibility index (Phi) is 7.30. The predicted molar refractivity (Wildman–Crippen MR) is 109 cm³/mol. The molecule has 0 bridgehead atoms. The molecule has 1 fully saturated rings. The van der Waals surface area contributed by atoms with Crippen LogP contribution in [0.4, 0.5) is 0 Å². The molecule has 1 saturated heterocycles. The Labute approximate surface area is 194 Å². The van der Waals surface area contributed by atoms with Crippen LogP contribution in [0.15, 0.2) is 24.3 Å². The van der Waals surface area contributed by atoms with Crippen LogP contribution in [-0.2, 0) is 42.9 Å². The lowest BCUT2D eigenvalue weighted by Gasteiger charge is -2.46. The van der Waals surface area contributed by atoms with Gasteiger partial charge in [0, 0.05) is 27.7 Å². The van der Waals surface area contributed by atoms with Crippen LogP contribution in [0.5, 0.6) is 0 Å². The highest BCUT2D eigenvalue weighted by Gasteiger charge is 2.58. The number of esters is 4. The molecule has 0 aliphatic carbocycles. The van der Waals surface area contributed by atoms with E-state index in [2.05, 4.69) is 0 Å². The van der Waals surface area contributed by atoms with Gasteiger partial charge in [0.1, 0.15) is 18.8 Å². The third-order valence-corrected chi connectivity index (χ3v) is 5.08. The van der Waals surface area contributed by atoms with Gasteiger partial charge >= 0.3 is 23.9 Å². The maximum absolute atomic E-state index is 13.2. The summed E-state index contributed by atoms with van der Waals surface area (Å²) < 4.78 is 26.7. The molecule has 3 rings (SSSR count). The number of nitrogens with zero attached hydrogens (tertiary/aromatic N) is 1. The smallest absolute Gasteiger partial charge is 0.305 e. The van der Waals surface area contributed by atoms with E-state index >= 15 is 0 Å². The van der Waals surface area contributed by atoms with E-state index in [9.17, 15) is 28.8 Å². The highest BCUT2D eigenvalue weighted by atomic mass is 16.7. The fourth-order valence-electron chi connectivity index (χ4n) is 3.90. The number of amides is 2. The topological polar surface area (TPSA) is 152 Å². The lowest BCUT2D eigenvalue weighted by molar-refractivity contribution is -0.278. The molecule has 0 radical (unpaired) electrons. The van der Waals surface area contributed by atoms with Gasteiger partial charge < -0.3 is 23.7 Å². The second-order valence-corrected chi connectivity index (χ2v) is 7.62. The molecule has 0 aromatic heterocycles. The molecule has 0 saturated carbocycles. The number of benzene rings is 1. The monoisotopic (exact) mass is 477 g/mol. The summed E-state index contributed by atoms with van der Waals surface area (Å²) in [6.07, 6.45) is -5.81. The minimum Gasteiger partial charge on any atom is -0.463 e. The van der Waals surface area contributed by atoms with Gasteiger partial charge in [-0.1, -0.05) is 12.1 Å². The predicted octanol–water partition coefficient (Wildman–Crippen LogP) is 0.366. The van der Waals surface area contributed by atoms with Crippen molar-refractivity contribution in [2.75, 3.05) is 6.61 Å². The van der Waals surface area contributed by atoms with Gasteiger partial charge in [-0.25, -0.2) is 0 Å². The van der Waals surface area contributed by atoms with Crippen LogP contribution in [0, 0.1) is 0 Å². The van der Waals surface area contributed by atoms with Crippen molar-refractivity contribution in [1.82, 2.24) is 4.90 Å². The fourth-order valence-corrected chi connectivity index (χ4v) is 3.90. The van der Waals surface area contributed by atoms with E-state index in [1.165, 1.54) is 12.1 Å². The molecule has 0 spiro atoms. The van der Waals surface area contributed by atoms with Gasteiger partial charge in [0.15, 0.2) is 12.2 Å². The first-order valence-electron chi connectivity index (χ1n) is 10.3. The summed E-state index contributed by atoms with van der Waals surface area (Å²) in [6.45, 7) is 3.91. The average Bonchev–Trinajstić information content (AvgIpc) is 2.98. The van der Waals surface area contributed by atoms with E-state index in [1.54, 1.807) is 12.1 Å². The Hall–Kier alpha value is -3.80. The summed E-state index contributed by atoms with van der Waals surface area (Å²) in [4.78, 5) is 74.2. The van der Waals surface area contributed by atoms with Gasteiger partial charge in [-0.15, -0.1) is 0 Å². The SMILES string of the molecule is CC(=O)OC[C@H]1O[C@H](OC(C)=O)[C@@H](N2C(=O)c3ccccc3C2=O)[C@@H](OC(C)=O)[C@@H]1OC(C)=O. The van der Waals surface area contributed by atoms with E-state index in [0.717, 1.165) is 32.6 Å². The van der Waals surface area contributed by atoms with Gasteiger partial charge in [-0.2, -0.15) is 0 Å². The molecular formula is C22H23NO11. The molecule has 2 aliphatic rings. The Morgan fingerprint density at radius 3 is 1.76 bits per heavy atom. The van der Waals surface area contributed by atoms with Crippen molar-refractivity contribution < 1.29 is 52.5 Å². The normalized spacial score (nSPS) is 25.9. The number of hydrogen-bond donors (Lipinski definition) is 0. The second-order valence-electron chi connectivity index (χ2n) is 7.62. The van der Waals surface area contributed by atoms with E-state index in [-0.39, 0.29) is 11.1 Å². The first-order valence-corrected chi connectivity index (χ1v) is 10.3. The lowest BCUT2D eigenvalue weighted by Crippen LogP contribution is -2.67. The zero-order chi connectivity index (χ0) is 25.2. The third-order valence-electron chi connectivity index (χ3n) is 5.08. The van der Waals surface area contributed by atoms with Crippen LogP contribution < -0.4 is 0 Å². The standard InChI is InChI=1S/C22H23NO11/c1-10(24)30-9-16-18(31-11(2)25)19(32-12(3)26)17(22(34-16)33-13(4)27)23-20(28)14-7-5-6-8-15(14)21(23)29/h5-8,16-19,22H,9H2,1-4H3/t16-,17+,18-,19-,22+/m1/s1. The molecule has 5 atom stereocenters. The van der Waals surface area contributed by atoms with Crippen molar-refractivity contribution in [2.45, 2.75) is 58.3 Å². The van der Waals surface area contributed by atoms with Crippen LogP contribution in [-0.4, -0.2) is 77.8 Å². The van der Waals surface area contributed by atoms with E-state index in [0.29, 0.717) is 0 Å². The first kappa shape index (κ1) is 24.8. The zero-order valence-electron chi connectivity index (χ0n) is 18.8. The second kappa shape index (κ2) is 10.00. The number of rotatable bonds is 6. The average molecular weight is 477 g/mol. The molecule has 12 nitrogen and oxygen atoms in total. The van der Waals surface area contributed by atoms with Crippen molar-refractivity contribution in [3.8, 4) is 0 Å². The maximum atomic E-state index is 13.2. The van der Waals surface area contributed by atoms with Crippen LogP contribution in [0.25, 0.3) is 0 Å². The molecule has 12 heteroatoms. The third kappa shape index (κ3) is 5.06. The van der Waals surface area contributed by atoms with Crippen LogP contribution in [0.1, 0.15) is 48.4 Å². The van der Waals surface area contributed by atoms with Crippen molar-refractivity contribution >= 4 is 35.7 Å². The first-order chi connectivity index (χ1) is 16.0. The Morgan fingerprint density at radius 2 is 1.29 bits per heavy atom. The largest absolute Gasteiger partial charge is 0.463 e. The molecule has 2 amide bonds. The molecular weight excluding hydrogens is 454 g/mol. The molecule has 1 aromatic rings. The van der Waals surface area contributed by atoms with Crippen LogP contribution in [0.2, 0.25) is 0 Å². The minimum absolute atomic E-state index is 0.0849. The van der Waals surface area contributed by atoms with Gasteiger partial charge in [-0.05, 0) is 12.1 Å². The Balaban J connectivity index is 2.11. The molecule has 0 unspecified atom stereocenters. The van der Waals surface area contributed by atoms with Crippen molar-refractivity contribution in [1.29, 1.82) is 0 Å². The van der Waals surface area contributed by atoms with E-state index < -0.39 is 72.9 Å². The van der Waals surface area contributed by atoms with Crippen molar-refractivity contribution in [3.63, 3.8) is 0 Å². The van der Waals surface area contributed by atoms with Gasteiger partial charge in [0.05, 0.1) is 11.1 Å². The summed E-state index contributed by atoms with van der Waals surface area (Å²) in [5.74, 6) is -4.64. The number of hydrogen-bond acceptors (Lipinski definition) is 11. The summed E-state index contributed by atoms with van der Waals surface area (Å²) in [7, 11) is 0. The Bertz CT molecular complexity index is 1000. The minimum atomic E-state index is -1.63. The molecule has 2 aliphatic heterocycles. The zero-order valence-corrected chi connectivity index (χ0v) is 18.8. The summed E-state index contributed by atoms with van der Waals surface area (Å²) in [6, 6.07) is 4.49. The number of ether oxygens (including phenoxy) is 5. The van der Waals surface area contributed by atoms with Gasteiger partial charge in [0.25, 0.3) is 11.8 Å². The summed E-state index contributed by atoms with van der Waals surface area (Å²) in [5.41, 5.74) is 0.170. The summed E-state index contributed by atoms with van der Waals surface area (Å²) >= 11 is 0. The number of carbonyl (C=O) groups excluding carboxylic acids is 6. The molecule has 182 valence electrons. The van der Waals surface area contributed by atoms with Crippen LogP contribution >= 0.6 is 0 Å². The number of carbonyl (C=O) groups is 6. The summed E-state index contributed by atoms with van der Waals surface area (Å²) in [5, 5.41) is 0. The van der Waals surface area contributed by atoms with Crippen molar-refractivity contribution in [2.24, 2.45) is 0 Å². The number of imide groups is 1. The van der Waals surface area contributed by atoms with Gasteiger partial charge in [0.2, 0.25) is 6.29 Å². The highest BCUT2D eigenvalue weighted by molar-refractivity contribution is 6.21. The lowest BCUT2D eigenvalue weighted by atomic mass is 9.94. The van der Waals surface area contributed by atoms with Crippen LogP contribution in [0.3, 0.4) is 0 Å². The van der Waals surface area contributed by atoms with E-state index in [4.69, 9.17) is 23.7 Å². The molecule has 1 aromatic carbocycles.